The Bertz CT molecular complexity index is 20.9. The average Bonchev–Trinajstić information content (AvgIpc) is 1.38. The molecule has 0 amide bonds. The normalized spacial score (nSPS) is 9.60. The molecule has 0 bridgehead atoms. The average molecular weight is 116 g/mol. The van der Waals surface area contributed by atoms with Crippen molar-refractivity contribution in [3.63, 3.8) is 0 Å². The van der Waals surface area contributed by atoms with Gasteiger partial charge in [-0.2, -0.15) is 4.08 Å². The fourth-order valence-electron chi connectivity index (χ4n) is 0. The second kappa shape index (κ2) is 2.82. The maximum atomic E-state index is 7.63. The van der Waals surface area contributed by atoms with E-state index >= 15 is 0 Å². The molecular weight excluding hydrogens is 114 g/mol. The molecule has 0 atom stereocenters. The van der Waals surface area contributed by atoms with Crippen molar-refractivity contribution in [1.29, 1.82) is 0 Å². The highest BCUT2D eigenvalue weighted by molar-refractivity contribution is 7.40. The van der Waals surface area contributed by atoms with Crippen LogP contribution in [0.4, 0.5) is 0 Å². The van der Waals surface area contributed by atoms with E-state index in [-0.39, 0.29) is 0 Å². The van der Waals surface area contributed by atoms with E-state index in [0.29, 0.717) is 0 Å². The van der Waals surface area contributed by atoms with Gasteiger partial charge in [0.2, 0.25) is 0 Å². The summed E-state index contributed by atoms with van der Waals surface area (Å²) in [5.74, 6) is 0. The first-order valence-electron chi connectivity index (χ1n) is 0.737. The first-order chi connectivity index (χ1) is 2.27. The quantitative estimate of drug-likeness (QED) is 0.487. The Morgan fingerprint density at radius 1 is 1.60 bits per heavy atom. The highest BCUT2D eigenvalue weighted by atomic mass is 35.5. The molecule has 0 aliphatic rings. The third-order valence-corrected chi connectivity index (χ3v) is 0.555. The van der Waals surface area contributed by atoms with Crippen LogP contribution >= 0.6 is 20.5 Å². The summed E-state index contributed by atoms with van der Waals surface area (Å²) in [6.07, 6.45) is 0. The van der Waals surface area contributed by atoms with Gasteiger partial charge in [0.05, 0.1) is 11.9 Å². The number of rotatable bonds is 1. The number of halogens is 1. The smallest absolute Gasteiger partial charge is 0.327 e. The molecule has 0 aromatic carbocycles. The van der Waals surface area contributed by atoms with E-state index in [4.69, 9.17) is 9.79 Å². The van der Waals surface area contributed by atoms with Crippen LogP contribution in [0.15, 0.2) is 0 Å². The molecule has 0 rings (SSSR count). The van der Waals surface area contributed by atoms with Crippen molar-refractivity contribution in [3.05, 3.63) is 0 Å². The highest BCUT2D eigenvalue weighted by Gasteiger charge is 1.89. The molecule has 0 heterocycles. The molecule has 5 heavy (non-hydrogen) atoms. The van der Waals surface area contributed by atoms with Crippen LogP contribution in [0.1, 0.15) is 0 Å². The lowest BCUT2D eigenvalue weighted by Crippen LogP contribution is -1.59. The van der Waals surface area contributed by atoms with E-state index in [0.717, 1.165) is 0 Å². The van der Waals surface area contributed by atoms with E-state index in [1.807, 2.05) is 0 Å². The molecule has 0 aromatic rings. The summed E-state index contributed by atoms with van der Waals surface area (Å²) in [6.45, 7) is 0. The van der Waals surface area contributed by atoms with E-state index in [1.165, 1.54) is 0 Å². The molecule has 0 aliphatic carbocycles. The van der Waals surface area contributed by atoms with Crippen molar-refractivity contribution in [1.82, 2.24) is 0 Å². The Hall–Kier alpha value is 0.600. The molecule has 0 fully saturated rings. The van der Waals surface area contributed by atoms with Crippen LogP contribution in [-0.2, 0) is 4.08 Å². The van der Waals surface area contributed by atoms with Gasteiger partial charge in [-0.3, -0.25) is 0 Å². The summed E-state index contributed by atoms with van der Waals surface area (Å²) in [5, 5.41) is 0. The molecule has 5 heteroatoms. The van der Waals surface area contributed by atoms with Gasteiger partial charge in [-0.25, -0.2) is 0 Å². The second-order valence-corrected chi connectivity index (χ2v) is 1.38. The summed E-state index contributed by atoms with van der Waals surface area (Å²) >= 11 is 4.37. The van der Waals surface area contributed by atoms with Crippen molar-refractivity contribution in [3.8, 4) is 0 Å². The second-order valence-electron chi connectivity index (χ2n) is 0.322. The predicted molar refractivity (Wildman–Crippen MR) is 18.3 cm³/mol. The summed E-state index contributed by atoms with van der Waals surface area (Å²) in [6, 6.07) is 0. The summed E-state index contributed by atoms with van der Waals surface area (Å²) in [5.41, 5.74) is 0. The Labute approximate surface area is 35.3 Å². The van der Waals surface area contributed by atoms with Gasteiger partial charge >= 0.3 is 8.60 Å². The molecule has 2 N–H and O–H groups in total. The predicted octanol–water partition coefficient (Wildman–Crippen LogP) is 0.368. The van der Waals surface area contributed by atoms with Crippen LogP contribution in [0.5, 0.6) is 0 Å². The maximum absolute atomic E-state index is 7.63. The minimum atomic E-state index is -2.33. The van der Waals surface area contributed by atoms with Crippen LogP contribution in [0.2, 0.25) is 0 Å². The summed E-state index contributed by atoms with van der Waals surface area (Å²) in [4.78, 5) is 15.3. The molecular formula is H2ClO3P. The Morgan fingerprint density at radius 2 is 1.80 bits per heavy atom. The standard InChI is InChI=1S/ClH2O3P/c1-4-5(2)3/h2-3H. The zero-order valence-corrected chi connectivity index (χ0v) is 3.78. The van der Waals surface area contributed by atoms with E-state index in [2.05, 4.69) is 15.9 Å². The zero-order chi connectivity index (χ0) is 4.28. The molecule has 0 saturated heterocycles. The van der Waals surface area contributed by atoms with Crippen molar-refractivity contribution in [2.75, 3.05) is 0 Å². The van der Waals surface area contributed by atoms with E-state index < -0.39 is 8.60 Å². The van der Waals surface area contributed by atoms with Gasteiger partial charge in [-0.15, -0.1) is 0 Å². The SMILES string of the molecule is OP(O)OCl. The topological polar surface area (TPSA) is 49.7 Å². The van der Waals surface area contributed by atoms with Gasteiger partial charge in [0, 0.05) is 0 Å². The molecule has 32 valence electrons. The Morgan fingerprint density at radius 3 is 1.80 bits per heavy atom. The van der Waals surface area contributed by atoms with E-state index in [9.17, 15) is 0 Å². The van der Waals surface area contributed by atoms with Crippen molar-refractivity contribution >= 4 is 20.5 Å². The fourth-order valence-corrected chi connectivity index (χ4v) is 0. The fraction of sp³-hybridized carbons (Fsp3) is 0. The van der Waals surface area contributed by atoms with E-state index in [1.54, 1.807) is 0 Å². The maximum Gasteiger partial charge on any atom is 0.344 e. The van der Waals surface area contributed by atoms with Crippen LogP contribution < -0.4 is 0 Å². The zero-order valence-electron chi connectivity index (χ0n) is 2.13. The number of hydrogen-bond donors (Lipinski definition) is 2. The van der Waals surface area contributed by atoms with Gasteiger partial charge in [0.15, 0.2) is 0 Å². The minimum Gasteiger partial charge on any atom is -0.327 e. The first-order valence-corrected chi connectivity index (χ1v) is 2.21. The van der Waals surface area contributed by atoms with Gasteiger partial charge in [-0.05, 0) is 0 Å². The molecule has 0 unspecified atom stereocenters. The van der Waals surface area contributed by atoms with Gasteiger partial charge in [0.1, 0.15) is 0 Å². The van der Waals surface area contributed by atoms with Crippen LogP contribution in [-0.4, -0.2) is 9.79 Å². The lowest BCUT2D eigenvalue weighted by molar-refractivity contribution is 0.389. The summed E-state index contributed by atoms with van der Waals surface area (Å²) < 4.78 is 3.40. The van der Waals surface area contributed by atoms with Crippen LogP contribution in [0, 0.1) is 0 Å². The Kier molecular flexibility index (Phi) is 3.16. The Balaban J connectivity index is 2.54. The summed E-state index contributed by atoms with van der Waals surface area (Å²) in [7, 11) is -2.33. The minimum absolute atomic E-state index is 2.33. The van der Waals surface area contributed by atoms with Crippen molar-refractivity contribution < 1.29 is 13.9 Å². The lowest BCUT2D eigenvalue weighted by atomic mass is 15.8. The van der Waals surface area contributed by atoms with Gasteiger partial charge in [0.25, 0.3) is 0 Å². The molecule has 0 radical (unpaired) electrons. The molecule has 3 nitrogen and oxygen atoms in total. The van der Waals surface area contributed by atoms with Gasteiger partial charge < -0.3 is 9.79 Å². The van der Waals surface area contributed by atoms with Crippen molar-refractivity contribution in [2.24, 2.45) is 0 Å². The lowest BCUT2D eigenvalue weighted by Gasteiger charge is -1.85. The van der Waals surface area contributed by atoms with Gasteiger partial charge in [-0.1, -0.05) is 0 Å². The van der Waals surface area contributed by atoms with Crippen LogP contribution in [0.25, 0.3) is 0 Å². The number of hydrogen-bond acceptors (Lipinski definition) is 3. The molecule has 0 saturated carbocycles. The first kappa shape index (κ1) is 5.60. The molecule has 0 aromatic heterocycles. The van der Waals surface area contributed by atoms with Crippen LogP contribution in [0.3, 0.4) is 0 Å². The third kappa shape index (κ3) is 4.60. The highest BCUT2D eigenvalue weighted by Crippen LogP contribution is 2.25. The third-order valence-electron chi connectivity index (χ3n) is 0.0617. The largest absolute Gasteiger partial charge is 0.344 e. The molecule has 0 spiro atoms. The molecule has 0 aliphatic heterocycles. The van der Waals surface area contributed by atoms with Crippen molar-refractivity contribution in [2.45, 2.75) is 0 Å². The monoisotopic (exact) mass is 116 g/mol.